The molecule has 0 radical (unpaired) electrons. The zero-order valence-electron chi connectivity index (χ0n) is 24.2. The number of pyridine rings is 1. The molecule has 0 amide bonds. The Balaban J connectivity index is 1.36. The molecule has 0 spiro atoms. The van der Waals surface area contributed by atoms with Crippen LogP contribution in [0.1, 0.15) is 50.3 Å². The highest BCUT2D eigenvalue weighted by molar-refractivity contribution is 7.92. The van der Waals surface area contributed by atoms with Crippen LogP contribution in [0.4, 0.5) is 15.9 Å². The molecule has 2 aromatic heterocycles. The van der Waals surface area contributed by atoms with Crippen molar-refractivity contribution in [1.29, 1.82) is 0 Å². The number of nitrogens with one attached hydrogen (secondary N) is 2. The molecule has 4 N–H and O–H groups in total. The van der Waals surface area contributed by atoms with Gasteiger partial charge in [-0.3, -0.25) is 9.40 Å². The van der Waals surface area contributed by atoms with Gasteiger partial charge in [0.25, 0.3) is 10.0 Å². The third kappa shape index (κ3) is 5.74. The van der Waals surface area contributed by atoms with E-state index in [1.165, 1.54) is 29.8 Å². The van der Waals surface area contributed by atoms with Crippen LogP contribution < -0.4 is 15.8 Å². The Morgan fingerprint density at radius 2 is 1.95 bits per heavy atom. The van der Waals surface area contributed by atoms with E-state index in [0.29, 0.717) is 40.1 Å². The van der Waals surface area contributed by atoms with Gasteiger partial charge in [-0.25, -0.2) is 17.8 Å². The van der Waals surface area contributed by atoms with Crippen LogP contribution >= 0.6 is 11.6 Å². The van der Waals surface area contributed by atoms with Crippen LogP contribution in [0.3, 0.4) is 0 Å². The minimum Gasteiger partial charge on any atom is -0.383 e. The van der Waals surface area contributed by atoms with Gasteiger partial charge in [-0.1, -0.05) is 29.8 Å². The maximum absolute atomic E-state index is 15.5. The van der Waals surface area contributed by atoms with E-state index in [4.69, 9.17) is 27.2 Å². The van der Waals surface area contributed by atoms with Gasteiger partial charge in [-0.15, -0.1) is 0 Å². The Labute approximate surface area is 255 Å². The lowest BCUT2D eigenvalue weighted by Gasteiger charge is -2.33. The number of benzene rings is 2. The van der Waals surface area contributed by atoms with Crippen LogP contribution in [-0.2, 0) is 14.8 Å². The van der Waals surface area contributed by atoms with E-state index in [9.17, 15) is 8.42 Å². The molecule has 226 valence electrons. The molecule has 4 aromatic rings. The molecule has 0 saturated carbocycles. The maximum atomic E-state index is 15.5. The van der Waals surface area contributed by atoms with Gasteiger partial charge >= 0.3 is 0 Å². The average molecular weight is 625 g/mol. The number of aromatic nitrogens is 3. The van der Waals surface area contributed by atoms with Gasteiger partial charge in [0.2, 0.25) is 0 Å². The van der Waals surface area contributed by atoms with E-state index in [0.717, 1.165) is 43.6 Å². The third-order valence-electron chi connectivity index (χ3n) is 7.97. The number of rotatable bonds is 8. The van der Waals surface area contributed by atoms with Crippen molar-refractivity contribution in [2.45, 2.75) is 63.1 Å². The van der Waals surface area contributed by atoms with E-state index < -0.39 is 15.8 Å². The van der Waals surface area contributed by atoms with Gasteiger partial charge in [-0.05, 0) is 75.4 Å². The number of sulfonamides is 1. The van der Waals surface area contributed by atoms with Gasteiger partial charge in [0, 0.05) is 29.4 Å². The van der Waals surface area contributed by atoms with Crippen molar-refractivity contribution >= 4 is 49.6 Å². The molecule has 6 rings (SSSR count). The first kappa shape index (κ1) is 29.6. The van der Waals surface area contributed by atoms with Crippen molar-refractivity contribution in [3.63, 3.8) is 0 Å². The van der Waals surface area contributed by atoms with Crippen molar-refractivity contribution < 1.29 is 17.5 Å². The summed E-state index contributed by atoms with van der Waals surface area (Å²) in [5.41, 5.74) is 10.9. The Hall–Kier alpha value is -3.51. The largest absolute Gasteiger partial charge is 0.383 e. The first-order chi connectivity index (χ1) is 20.5. The lowest BCUT2D eigenvalue weighted by Crippen LogP contribution is -2.50. The number of fused-ring (bicyclic) bond motifs is 1. The van der Waals surface area contributed by atoms with E-state index in [1.54, 1.807) is 25.3 Å². The highest BCUT2D eigenvalue weighted by atomic mass is 35.5. The highest BCUT2D eigenvalue weighted by Crippen LogP contribution is 2.40. The molecule has 1 aliphatic carbocycles. The minimum atomic E-state index is -4.13. The number of aryl methyl sites for hydroxylation is 1. The summed E-state index contributed by atoms with van der Waals surface area (Å²) in [4.78, 5) is 4.40. The molecule has 0 bridgehead atoms. The van der Waals surface area contributed by atoms with Crippen LogP contribution in [0, 0.1) is 12.7 Å². The fourth-order valence-electron chi connectivity index (χ4n) is 5.66. The fourth-order valence-corrected chi connectivity index (χ4v) is 7.32. The third-order valence-corrected chi connectivity index (χ3v) is 9.82. The molecule has 9 nitrogen and oxygen atoms in total. The SMILES string of the molecule is Cc1ccc(Cl)c(S(=O)(=O)Nc2ccc(-c3nn(C(C)C)c4c(C5=CCC(NC6COC6)CC5)cnc(N)c34)cc2F)c1. The quantitative estimate of drug-likeness (QED) is 0.217. The number of nitrogen functional groups attached to an aromatic ring is 1. The number of allylic oxidation sites excluding steroid dienone is 1. The summed E-state index contributed by atoms with van der Waals surface area (Å²) in [5.74, 6) is -0.467. The first-order valence-corrected chi connectivity index (χ1v) is 16.2. The molecule has 3 heterocycles. The van der Waals surface area contributed by atoms with Crippen LogP contribution in [-0.4, -0.2) is 48.5 Å². The number of hydrogen-bond donors (Lipinski definition) is 3. The number of nitrogens with two attached hydrogens (primary N) is 1. The summed E-state index contributed by atoms with van der Waals surface area (Å²) in [6.07, 6.45) is 6.82. The summed E-state index contributed by atoms with van der Waals surface area (Å²) in [6.45, 7) is 7.34. The van der Waals surface area contributed by atoms with Crippen LogP contribution in [0.15, 0.2) is 53.6 Å². The zero-order valence-corrected chi connectivity index (χ0v) is 25.8. The smallest absolute Gasteiger partial charge is 0.263 e. The molecular formula is C31H34ClFN6O3S. The molecule has 2 aromatic carbocycles. The fraction of sp³-hybridized carbons (Fsp3) is 0.355. The van der Waals surface area contributed by atoms with Gasteiger partial charge in [0.15, 0.2) is 0 Å². The number of halogens is 2. The summed E-state index contributed by atoms with van der Waals surface area (Å²) in [7, 11) is -4.13. The number of hydrogen-bond acceptors (Lipinski definition) is 7. The van der Waals surface area contributed by atoms with E-state index >= 15 is 4.39 Å². The van der Waals surface area contributed by atoms with Crippen molar-refractivity contribution in [1.82, 2.24) is 20.1 Å². The summed E-state index contributed by atoms with van der Waals surface area (Å²) in [6, 6.07) is 9.72. The molecule has 1 aliphatic heterocycles. The Bertz CT molecular complexity index is 1850. The van der Waals surface area contributed by atoms with Crippen molar-refractivity contribution in [2.75, 3.05) is 23.7 Å². The Morgan fingerprint density at radius 3 is 2.60 bits per heavy atom. The molecule has 1 atom stereocenters. The monoisotopic (exact) mass is 624 g/mol. The molecule has 1 fully saturated rings. The van der Waals surface area contributed by atoms with E-state index in [-0.39, 0.29) is 21.6 Å². The average Bonchev–Trinajstić information content (AvgIpc) is 3.36. The Kier molecular flexibility index (Phi) is 7.93. The molecule has 12 heteroatoms. The van der Waals surface area contributed by atoms with Crippen molar-refractivity contribution in [3.8, 4) is 11.3 Å². The van der Waals surface area contributed by atoms with E-state index in [2.05, 4.69) is 21.1 Å². The summed E-state index contributed by atoms with van der Waals surface area (Å²) in [5, 5.41) is 9.23. The predicted molar refractivity (Wildman–Crippen MR) is 168 cm³/mol. The second kappa shape index (κ2) is 11.5. The number of ether oxygens (including phenoxy) is 1. The van der Waals surface area contributed by atoms with Crippen molar-refractivity contribution in [3.05, 3.63) is 70.6 Å². The number of anilines is 2. The second-order valence-electron chi connectivity index (χ2n) is 11.5. The standard InChI is InChI=1S/C31H34ClFN6O3S/c1-17(2)39-30-23(19-5-8-21(9-6-19)36-22-15-42-16-22)14-35-31(34)28(30)29(37-39)20-7-11-26(25(33)13-20)38-43(40,41)27-12-18(3)4-10-24(27)32/h4-5,7,10-14,17,21-22,36,38H,6,8-9,15-16H2,1-3H3,(H2,34,35). The second-order valence-corrected chi connectivity index (χ2v) is 13.6. The lowest BCUT2D eigenvalue weighted by atomic mass is 9.89. The molecule has 1 saturated heterocycles. The van der Waals surface area contributed by atoms with Gasteiger partial charge in [0.05, 0.1) is 40.9 Å². The topological polar surface area (TPSA) is 124 Å². The van der Waals surface area contributed by atoms with E-state index in [1.807, 2.05) is 18.5 Å². The highest BCUT2D eigenvalue weighted by Gasteiger charge is 2.27. The van der Waals surface area contributed by atoms with Gasteiger partial charge in [-0.2, -0.15) is 5.10 Å². The molecule has 1 unspecified atom stereocenters. The molecule has 2 aliphatic rings. The first-order valence-electron chi connectivity index (χ1n) is 14.3. The Morgan fingerprint density at radius 1 is 1.16 bits per heavy atom. The minimum absolute atomic E-state index is 0.0102. The van der Waals surface area contributed by atoms with Crippen LogP contribution in [0.5, 0.6) is 0 Å². The maximum Gasteiger partial charge on any atom is 0.263 e. The van der Waals surface area contributed by atoms with Gasteiger partial charge < -0.3 is 15.8 Å². The van der Waals surface area contributed by atoms with Crippen LogP contribution in [0.25, 0.3) is 27.7 Å². The van der Waals surface area contributed by atoms with Gasteiger partial charge in [0.1, 0.15) is 22.2 Å². The molecule has 43 heavy (non-hydrogen) atoms. The predicted octanol–water partition coefficient (Wildman–Crippen LogP) is 6.09. The normalized spacial score (nSPS) is 17.7. The lowest BCUT2D eigenvalue weighted by molar-refractivity contribution is -0.0103. The van der Waals surface area contributed by atoms with Crippen molar-refractivity contribution in [2.24, 2.45) is 0 Å². The molecular weight excluding hydrogens is 591 g/mol. The zero-order chi connectivity index (χ0) is 30.5. The summed E-state index contributed by atoms with van der Waals surface area (Å²) < 4.78 is 51.1. The number of nitrogens with zero attached hydrogens (tertiary/aromatic N) is 3. The summed E-state index contributed by atoms with van der Waals surface area (Å²) >= 11 is 6.14. The van der Waals surface area contributed by atoms with Crippen LogP contribution in [0.2, 0.25) is 5.02 Å².